The number of anilines is 2. The lowest BCUT2D eigenvalue weighted by Crippen LogP contribution is -2.36. The standard InChI is InChI=1S/C24H24ClN3O5S/c1-15(23(30)27-16-6-8-17(9-7-16)28-10-12-32-13-11-28)33-20(29)14-26-24(31)22-21(25)18-4-2-3-5-19(18)34-22/h2-9,15H,10-14H2,1H3,(H,26,31)(H,27,30)/t15-/m1/s1. The minimum absolute atomic E-state index is 0.321. The van der Waals surface area contributed by atoms with Gasteiger partial charge in [-0.15, -0.1) is 11.3 Å². The van der Waals surface area contributed by atoms with Crippen LogP contribution in [0, 0.1) is 0 Å². The van der Waals surface area contributed by atoms with Gasteiger partial charge in [0.1, 0.15) is 11.4 Å². The van der Waals surface area contributed by atoms with Crippen molar-refractivity contribution in [3.8, 4) is 0 Å². The molecule has 1 aliphatic heterocycles. The van der Waals surface area contributed by atoms with Crippen molar-refractivity contribution in [2.24, 2.45) is 0 Å². The zero-order valence-corrected chi connectivity index (χ0v) is 20.1. The van der Waals surface area contributed by atoms with Gasteiger partial charge in [-0.2, -0.15) is 0 Å². The smallest absolute Gasteiger partial charge is 0.326 e. The topological polar surface area (TPSA) is 97.0 Å². The minimum atomic E-state index is -1.03. The van der Waals surface area contributed by atoms with Crippen molar-refractivity contribution in [2.75, 3.05) is 43.1 Å². The second-order valence-corrected chi connectivity index (χ2v) is 9.12. The number of fused-ring (bicyclic) bond motifs is 1. The highest BCUT2D eigenvalue weighted by atomic mass is 35.5. The zero-order chi connectivity index (χ0) is 24.1. The SMILES string of the molecule is C[C@@H](OC(=O)CNC(=O)c1sc2ccccc2c1Cl)C(=O)Nc1ccc(N2CCOCC2)cc1. The van der Waals surface area contributed by atoms with Crippen molar-refractivity contribution >= 4 is 62.2 Å². The average molecular weight is 502 g/mol. The molecule has 2 heterocycles. The van der Waals surface area contributed by atoms with Crippen molar-refractivity contribution in [2.45, 2.75) is 13.0 Å². The fourth-order valence-electron chi connectivity index (χ4n) is 3.51. The number of morpholine rings is 1. The van der Waals surface area contributed by atoms with Crippen LogP contribution in [0.2, 0.25) is 5.02 Å². The van der Waals surface area contributed by atoms with E-state index in [1.165, 1.54) is 18.3 Å². The Kier molecular flexibility index (Phi) is 7.66. The summed E-state index contributed by atoms with van der Waals surface area (Å²) in [6.07, 6.45) is -1.03. The van der Waals surface area contributed by atoms with E-state index in [2.05, 4.69) is 15.5 Å². The molecule has 2 amide bonds. The van der Waals surface area contributed by atoms with Gasteiger partial charge in [-0.05, 0) is 37.3 Å². The first-order valence-electron chi connectivity index (χ1n) is 10.8. The number of carbonyl (C=O) groups is 3. The third-order valence-electron chi connectivity index (χ3n) is 5.32. The first kappa shape index (κ1) is 24.0. The molecule has 1 saturated heterocycles. The van der Waals surface area contributed by atoms with E-state index in [1.807, 2.05) is 36.4 Å². The fraction of sp³-hybridized carbons (Fsp3) is 0.292. The van der Waals surface area contributed by atoms with Crippen molar-refractivity contribution < 1.29 is 23.9 Å². The third kappa shape index (κ3) is 5.67. The summed E-state index contributed by atoms with van der Waals surface area (Å²) in [5.41, 5.74) is 1.65. The Hall–Kier alpha value is -3.14. The predicted molar refractivity (Wildman–Crippen MR) is 133 cm³/mol. The Morgan fingerprint density at radius 1 is 1.12 bits per heavy atom. The van der Waals surface area contributed by atoms with Gasteiger partial charge in [0, 0.05) is 34.6 Å². The van der Waals surface area contributed by atoms with Crippen molar-refractivity contribution in [1.29, 1.82) is 0 Å². The lowest BCUT2D eigenvalue weighted by Gasteiger charge is -2.28. The average Bonchev–Trinajstić information content (AvgIpc) is 3.20. The number of amides is 2. The summed E-state index contributed by atoms with van der Waals surface area (Å²) in [5, 5.41) is 6.36. The molecule has 34 heavy (non-hydrogen) atoms. The number of carbonyl (C=O) groups excluding carboxylic acids is 3. The lowest BCUT2D eigenvalue weighted by atomic mass is 10.2. The van der Waals surface area contributed by atoms with Gasteiger partial charge in [0.25, 0.3) is 11.8 Å². The van der Waals surface area contributed by atoms with Crippen LogP contribution in [0.4, 0.5) is 11.4 Å². The second-order valence-electron chi connectivity index (χ2n) is 7.69. The highest BCUT2D eigenvalue weighted by molar-refractivity contribution is 7.21. The van der Waals surface area contributed by atoms with E-state index >= 15 is 0 Å². The Morgan fingerprint density at radius 2 is 1.82 bits per heavy atom. The molecule has 2 N–H and O–H groups in total. The number of hydrogen-bond donors (Lipinski definition) is 2. The van der Waals surface area contributed by atoms with Gasteiger partial charge in [0.15, 0.2) is 6.10 Å². The Bertz CT molecular complexity index is 1190. The molecular formula is C24H24ClN3O5S. The number of rotatable bonds is 7. The monoisotopic (exact) mass is 501 g/mol. The molecule has 1 aromatic heterocycles. The molecule has 2 aromatic carbocycles. The summed E-state index contributed by atoms with van der Waals surface area (Å²) in [6, 6.07) is 14.8. The van der Waals surface area contributed by atoms with Gasteiger partial charge < -0.3 is 25.0 Å². The van der Waals surface area contributed by atoms with Crippen LogP contribution in [0.25, 0.3) is 10.1 Å². The lowest BCUT2D eigenvalue weighted by molar-refractivity contribution is -0.152. The van der Waals surface area contributed by atoms with E-state index in [0.29, 0.717) is 28.8 Å². The van der Waals surface area contributed by atoms with Gasteiger partial charge in [-0.1, -0.05) is 29.8 Å². The number of hydrogen-bond acceptors (Lipinski definition) is 7. The Morgan fingerprint density at radius 3 is 2.53 bits per heavy atom. The molecular weight excluding hydrogens is 478 g/mol. The molecule has 4 rings (SSSR count). The summed E-state index contributed by atoms with van der Waals surface area (Å²) in [5.74, 6) is -1.66. The summed E-state index contributed by atoms with van der Waals surface area (Å²) in [4.78, 5) is 39.6. The minimum Gasteiger partial charge on any atom is -0.451 e. The molecule has 10 heteroatoms. The van der Waals surface area contributed by atoms with E-state index in [4.69, 9.17) is 21.1 Å². The van der Waals surface area contributed by atoms with Gasteiger partial charge in [0.05, 0.1) is 18.2 Å². The molecule has 3 aromatic rings. The van der Waals surface area contributed by atoms with Crippen LogP contribution in [0.1, 0.15) is 16.6 Å². The largest absolute Gasteiger partial charge is 0.451 e. The first-order chi connectivity index (χ1) is 16.4. The number of nitrogens with one attached hydrogen (secondary N) is 2. The van der Waals surface area contributed by atoms with Crippen LogP contribution in [0.5, 0.6) is 0 Å². The van der Waals surface area contributed by atoms with E-state index in [9.17, 15) is 14.4 Å². The maximum atomic E-state index is 12.5. The maximum absolute atomic E-state index is 12.5. The van der Waals surface area contributed by atoms with Crippen LogP contribution in [0.3, 0.4) is 0 Å². The van der Waals surface area contributed by atoms with Gasteiger partial charge in [-0.25, -0.2) is 0 Å². The number of halogens is 1. The van der Waals surface area contributed by atoms with Crippen LogP contribution < -0.4 is 15.5 Å². The molecule has 0 bridgehead atoms. The first-order valence-corrected chi connectivity index (χ1v) is 12.0. The molecule has 1 fully saturated rings. The molecule has 1 aliphatic rings. The van der Waals surface area contributed by atoms with Crippen molar-refractivity contribution in [3.63, 3.8) is 0 Å². The summed E-state index contributed by atoms with van der Waals surface area (Å²) in [7, 11) is 0. The van der Waals surface area contributed by atoms with Crippen LogP contribution in [0.15, 0.2) is 48.5 Å². The van der Waals surface area contributed by atoms with E-state index in [-0.39, 0.29) is 6.54 Å². The molecule has 0 aliphatic carbocycles. The zero-order valence-electron chi connectivity index (χ0n) is 18.5. The van der Waals surface area contributed by atoms with E-state index in [1.54, 1.807) is 12.1 Å². The van der Waals surface area contributed by atoms with E-state index < -0.39 is 23.9 Å². The van der Waals surface area contributed by atoms with Gasteiger partial charge >= 0.3 is 5.97 Å². The number of ether oxygens (including phenoxy) is 2. The molecule has 0 radical (unpaired) electrons. The van der Waals surface area contributed by atoms with Gasteiger partial charge in [0.2, 0.25) is 0 Å². The molecule has 0 saturated carbocycles. The number of thiophene rings is 1. The molecule has 178 valence electrons. The predicted octanol–water partition coefficient (Wildman–Crippen LogP) is 3.69. The number of benzene rings is 2. The fourth-order valence-corrected chi connectivity index (χ4v) is 4.94. The maximum Gasteiger partial charge on any atom is 0.326 e. The van der Waals surface area contributed by atoms with Crippen LogP contribution in [-0.2, 0) is 19.1 Å². The van der Waals surface area contributed by atoms with E-state index in [0.717, 1.165) is 28.9 Å². The quantitative estimate of drug-likeness (QED) is 0.479. The Labute approximate surface area is 205 Å². The third-order valence-corrected chi connectivity index (χ3v) is 7.00. The van der Waals surface area contributed by atoms with Crippen LogP contribution >= 0.6 is 22.9 Å². The van der Waals surface area contributed by atoms with Crippen molar-refractivity contribution in [3.05, 3.63) is 58.4 Å². The normalized spacial score (nSPS) is 14.5. The summed E-state index contributed by atoms with van der Waals surface area (Å²) >= 11 is 7.54. The summed E-state index contributed by atoms with van der Waals surface area (Å²) < 4.78 is 11.4. The highest BCUT2D eigenvalue weighted by Gasteiger charge is 2.21. The van der Waals surface area contributed by atoms with Gasteiger partial charge in [-0.3, -0.25) is 14.4 Å². The Balaban J connectivity index is 1.25. The molecule has 8 nitrogen and oxygen atoms in total. The molecule has 1 atom stereocenters. The number of esters is 1. The molecule has 0 spiro atoms. The second kappa shape index (κ2) is 10.9. The summed E-state index contributed by atoms with van der Waals surface area (Å²) in [6.45, 7) is 4.13. The highest BCUT2D eigenvalue weighted by Crippen LogP contribution is 2.34. The molecule has 0 unspecified atom stereocenters. The van der Waals surface area contributed by atoms with Crippen molar-refractivity contribution in [1.82, 2.24) is 5.32 Å². The van der Waals surface area contributed by atoms with Crippen LogP contribution in [-0.4, -0.2) is 56.7 Å². The number of nitrogens with zero attached hydrogens (tertiary/aromatic N) is 1.